The summed E-state index contributed by atoms with van der Waals surface area (Å²) in [6.07, 6.45) is 6.61. The molecule has 128 valence electrons. The zero-order chi connectivity index (χ0) is 16.8. The summed E-state index contributed by atoms with van der Waals surface area (Å²) in [7, 11) is 4.14. The summed E-state index contributed by atoms with van der Waals surface area (Å²) in [4.78, 5) is 11.0. The molecule has 0 heterocycles. The minimum absolute atomic E-state index is 0.297. The highest BCUT2D eigenvalue weighted by atomic mass is 31.1. The number of unbranched alkanes of at least 4 members (excludes halogenated alkanes) is 3. The fourth-order valence-electron chi connectivity index (χ4n) is 1.48. The van der Waals surface area contributed by atoms with Gasteiger partial charge in [-0.15, -0.1) is 9.05 Å². The largest absolute Gasteiger partial charge is 0.697 e. The molecule has 0 radical (unpaired) electrons. The number of quaternary nitrogens is 1. The summed E-state index contributed by atoms with van der Waals surface area (Å²) in [5.41, 5.74) is 0. The molecular formula is C15H30NO5P+2. The summed E-state index contributed by atoms with van der Waals surface area (Å²) in [6, 6.07) is 0. The Morgan fingerprint density at radius 1 is 1.00 bits per heavy atom. The summed E-state index contributed by atoms with van der Waals surface area (Å²) >= 11 is 0. The molecule has 1 unspecified atom stereocenters. The van der Waals surface area contributed by atoms with Crippen LogP contribution in [0.5, 0.6) is 0 Å². The van der Waals surface area contributed by atoms with Crippen molar-refractivity contribution in [2.24, 2.45) is 0 Å². The maximum Gasteiger partial charge on any atom is 0.697 e. The molecule has 0 aromatic rings. The first-order valence-corrected chi connectivity index (χ1v) is 8.77. The molecule has 0 fully saturated rings. The van der Waals surface area contributed by atoms with Crippen molar-refractivity contribution < 1.29 is 27.6 Å². The summed E-state index contributed by atoms with van der Waals surface area (Å²) in [5, 5.41) is 0. The van der Waals surface area contributed by atoms with Gasteiger partial charge in [-0.2, -0.15) is 0 Å². The lowest BCUT2D eigenvalue weighted by Crippen LogP contribution is -2.37. The number of carbonyl (C=O) groups is 1. The van der Waals surface area contributed by atoms with Crippen molar-refractivity contribution >= 4 is 14.2 Å². The number of rotatable bonds is 13. The second kappa shape index (κ2) is 12.7. The molecule has 0 saturated heterocycles. The first kappa shape index (κ1) is 21.2. The van der Waals surface area contributed by atoms with Gasteiger partial charge in [0.05, 0.1) is 27.7 Å². The summed E-state index contributed by atoms with van der Waals surface area (Å²) in [5.74, 6) is -0.297. The normalized spacial score (nSPS) is 12.6. The Labute approximate surface area is 135 Å². The van der Waals surface area contributed by atoms with E-state index in [4.69, 9.17) is 13.8 Å². The number of likely N-dealkylation sites (N-methyl/N-ethyl adjacent to an activating group) is 1. The van der Waals surface area contributed by atoms with E-state index >= 15 is 0 Å². The van der Waals surface area contributed by atoms with Crippen LogP contribution in [0.2, 0.25) is 0 Å². The van der Waals surface area contributed by atoms with E-state index in [0.29, 0.717) is 19.8 Å². The van der Waals surface area contributed by atoms with E-state index < -0.39 is 8.25 Å². The molecule has 0 aliphatic rings. The minimum Gasteiger partial charge on any atom is -0.463 e. The van der Waals surface area contributed by atoms with Gasteiger partial charge < -0.3 is 9.22 Å². The van der Waals surface area contributed by atoms with E-state index in [2.05, 4.69) is 0 Å². The van der Waals surface area contributed by atoms with E-state index in [1.54, 1.807) is 13.0 Å². The van der Waals surface area contributed by atoms with Crippen LogP contribution in [0.4, 0.5) is 0 Å². The molecule has 0 aliphatic heterocycles. The minimum atomic E-state index is -2.01. The van der Waals surface area contributed by atoms with E-state index in [0.717, 1.165) is 36.7 Å². The standard InChI is InChI=1S/C15H30NO5P/c1-5-10-15(17)19-12-8-6-7-9-13-20-22(18)21-14-11-16(2,3)4/h5,10H,6-9,11-14H2,1-4H3/q+2. The van der Waals surface area contributed by atoms with Crippen LogP contribution >= 0.6 is 8.25 Å². The number of nitrogens with zero attached hydrogens (tertiary/aromatic N) is 1. The SMILES string of the molecule is CC=CC(=O)OCCCCCCO[P+](=O)OCC[N+](C)(C)C. The number of ether oxygens (including phenoxy) is 1. The van der Waals surface area contributed by atoms with Crippen LogP contribution in [0, 0.1) is 0 Å². The molecule has 6 nitrogen and oxygen atoms in total. The third kappa shape index (κ3) is 15.6. The van der Waals surface area contributed by atoms with Gasteiger partial charge in [0.1, 0.15) is 13.2 Å². The van der Waals surface area contributed by atoms with Crippen molar-refractivity contribution in [2.45, 2.75) is 32.6 Å². The van der Waals surface area contributed by atoms with Gasteiger partial charge in [-0.25, -0.2) is 4.79 Å². The molecule has 0 N–H and O–H groups in total. The number of esters is 1. The Morgan fingerprint density at radius 2 is 1.59 bits per heavy atom. The monoisotopic (exact) mass is 335 g/mol. The van der Waals surface area contributed by atoms with Gasteiger partial charge >= 0.3 is 14.2 Å². The summed E-state index contributed by atoms with van der Waals surface area (Å²) < 4.78 is 27.4. The van der Waals surface area contributed by atoms with E-state index in [-0.39, 0.29) is 5.97 Å². The van der Waals surface area contributed by atoms with Crippen LogP contribution in [-0.4, -0.2) is 58.0 Å². The molecular weight excluding hydrogens is 305 g/mol. The predicted octanol–water partition coefficient (Wildman–Crippen LogP) is 3.06. The Kier molecular flexibility index (Phi) is 12.2. The van der Waals surface area contributed by atoms with Crippen LogP contribution in [0.1, 0.15) is 32.6 Å². The average Bonchev–Trinajstić information content (AvgIpc) is 2.40. The van der Waals surface area contributed by atoms with Crippen molar-refractivity contribution in [1.29, 1.82) is 0 Å². The highest BCUT2D eigenvalue weighted by molar-refractivity contribution is 7.33. The number of allylic oxidation sites excluding steroid dienone is 1. The van der Waals surface area contributed by atoms with Crippen molar-refractivity contribution in [3.05, 3.63) is 12.2 Å². The second-order valence-electron chi connectivity index (χ2n) is 5.99. The van der Waals surface area contributed by atoms with E-state index in [1.807, 2.05) is 21.1 Å². The van der Waals surface area contributed by atoms with Gasteiger partial charge in [-0.3, -0.25) is 0 Å². The quantitative estimate of drug-likeness (QED) is 0.170. The van der Waals surface area contributed by atoms with E-state index in [1.165, 1.54) is 6.08 Å². The molecule has 1 atom stereocenters. The van der Waals surface area contributed by atoms with E-state index in [9.17, 15) is 9.36 Å². The lowest BCUT2D eigenvalue weighted by molar-refractivity contribution is -0.870. The topological polar surface area (TPSA) is 61.8 Å². The predicted molar refractivity (Wildman–Crippen MR) is 86.7 cm³/mol. The number of hydrogen-bond donors (Lipinski definition) is 0. The molecule has 0 aromatic heterocycles. The van der Waals surface area contributed by atoms with Gasteiger partial charge in [0, 0.05) is 10.6 Å². The Hall–Kier alpha value is -0.810. The van der Waals surface area contributed by atoms with Gasteiger partial charge in [0.2, 0.25) is 0 Å². The van der Waals surface area contributed by atoms with Gasteiger partial charge in [-0.05, 0) is 26.2 Å². The van der Waals surface area contributed by atoms with Crippen molar-refractivity contribution in [1.82, 2.24) is 0 Å². The first-order chi connectivity index (χ1) is 10.3. The zero-order valence-corrected chi connectivity index (χ0v) is 15.1. The maximum absolute atomic E-state index is 11.4. The Bertz CT molecular complexity index is 352. The van der Waals surface area contributed by atoms with Crippen LogP contribution in [0.25, 0.3) is 0 Å². The van der Waals surface area contributed by atoms with Crippen molar-refractivity contribution in [2.75, 3.05) is 47.5 Å². The number of hydrogen-bond acceptors (Lipinski definition) is 5. The Morgan fingerprint density at radius 3 is 2.18 bits per heavy atom. The fourth-order valence-corrected chi connectivity index (χ4v) is 2.06. The van der Waals surface area contributed by atoms with Gasteiger partial charge in [0.15, 0.2) is 6.61 Å². The van der Waals surface area contributed by atoms with Crippen molar-refractivity contribution in [3.8, 4) is 0 Å². The molecule has 0 aromatic carbocycles. The molecule has 22 heavy (non-hydrogen) atoms. The molecule has 0 rings (SSSR count). The van der Waals surface area contributed by atoms with Crippen LogP contribution in [0.15, 0.2) is 12.2 Å². The summed E-state index contributed by atoms with van der Waals surface area (Å²) in [6.45, 7) is 3.86. The number of carbonyl (C=O) groups excluding carboxylic acids is 1. The smallest absolute Gasteiger partial charge is 0.463 e. The first-order valence-electron chi connectivity index (χ1n) is 7.68. The lowest BCUT2D eigenvalue weighted by Gasteiger charge is -2.21. The molecule has 0 aliphatic carbocycles. The maximum atomic E-state index is 11.4. The highest BCUT2D eigenvalue weighted by Crippen LogP contribution is 2.24. The molecule has 7 heteroatoms. The van der Waals surface area contributed by atoms with Crippen LogP contribution in [-0.2, 0) is 23.1 Å². The second-order valence-corrected chi connectivity index (χ2v) is 6.95. The third-order valence-corrected chi connectivity index (χ3v) is 3.53. The molecule has 0 saturated carbocycles. The fraction of sp³-hybridized carbons (Fsp3) is 0.800. The molecule has 0 bridgehead atoms. The molecule has 0 amide bonds. The zero-order valence-electron chi connectivity index (χ0n) is 14.2. The van der Waals surface area contributed by atoms with Gasteiger partial charge in [-0.1, -0.05) is 12.5 Å². The van der Waals surface area contributed by atoms with Crippen LogP contribution < -0.4 is 0 Å². The highest BCUT2D eigenvalue weighted by Gasteiger charge is 2.21. The van der Waals surface area contributed by atoms with Gasteiger partial charge in [0.25, 0.3) is 0 Å². The van der Waals surface area contributed by atoms with Crippen LogP contribution in [0.3, 0.4) is 0 Å². The van der Waals surface area contributed by atoms with Crippen molar-refractivity contribution in [3.63, 3.8) is 0 Å². The Balaban J connectivity index is 3.35. The average molecular weight is 335 g/mol. The molecule has 0 spiro atoms. The lowest BCUT2D eigenvalue weighted by atomic mass is 10.2. The third-order valence-electron chi connectivity index (χ3n) is 2.74.